The summed E-state index contributed by atoms with van der Waals surface area (Å²) >= 11 is 0. The summed E-state index contributed by atoms with van der Waals surface area (Å²) in [6.07, 6.45) is 1.43. The first kappa shape index (κ1) is 18.5. The van der Waals surface area contributed by atoms with Gasteiger partial charge in [0, 0.05) is 12.3 Å². The fraction of sp³-hybridized carbons (Fsp3) is 0.316. The third-order valence-corrected chi connectivity index (χ3v) is 4.18. The van der Waals surface area contributed by atoms with Crippen LogP contribution in [0.15, 0.2) is 35.3 Å². The first-order valence-corrected chi connectivity index (χ1v) is 8.63. The van der Waals surface area contributed by atoms with Crippen molar-refractivity contribution in [2.24, 2.45) is 0 Å². The van der Waals surface area contributed by atoms with Crippen molar-refractivity contribution < 1.29 is 14.3 Å². The highest BCUT2D eigenvalue weighted by atomic mass is 16.5. The molecule has 2 N–H and O–H groups in total. The van der Waals surface area contributed by atoms with Crippen LogP contribution in [0, 0.1) is 6.92 Å². The lowest BCUT2D eigenvalue weighted by Crippen LogP contribution is -2.32. The van der Waals surface area contributed by atoms with Gasteiger partial charge in [0.15, 0.2) is 11.5 Å². The number of carbonyl (C=O) groups is 1. The minimum absolute atomic E-state index is 0.00430. The second-order valence-electron chi connectivity index (χ2n) is 6.15. The zero-order chi connectivity index (χ0) is 19.6. The van der Waals surface area contributed by atoms with Crippen LogP contribution in [-0.4, -0.2) is 34.2 Å². The Hall–Kier alpha value is -3.29. The first-order chi connectivity index (χ1) is 12.9. The average Bonchev–Trinajstić information content (AvgIpc) is 3.00. The Labute approximate surface area is 156 Å². The van der Waals surface area contributed by atoms with Crippen molar-refractivity contribution in [1.29, 1.82) is 0 Å². The van der Waals surface area contributed by atoms with Crippen LogP contribution in [0.1, 0.15) is 41.5 Å². The Morgan fingerprint density at radius 2 is 2.11 bits per heavy atom. The molecule has 1 amide bonds. The van der Waals surface area contributed by atoms with Crippen LogP contribution in [0.5, 0.6) is 11.5 Å². The molecule has 142 valence electrons. The van der Waals surface area contributed by atoms with Crippen LogP contribution in [-0.2, 0) is 0 Å². The number of hydrogen-bond donors (Lipinski definition) is 2. The second kappa shape index (κ2) is 7.53. The predicted octanol–water partition coefficient (Wildman–Crippen LogP) is 2.23. The molecule has 8 heteroatoms. The lowest BCUT2D eigenvalue weighted by Gasteiger charge is -2.17. The van der Waals surface area contributed by atoms with E-state index in [4.69, 9.17) is 9.47 Å². The first-order valence-electron chi connectivity index (χ1n) is 8.63. The average molecular weight is 370 g/mol. The number of methoxy groups -OCH3 is 1. The topological polar surface area (TPSA) is 97.7 Å². The van der Waals surface area contributed by atoms with E-state index in [9.17, 15) is 9.59 Å². The molecule has 0 aliphatic heterocycles. The van der Waals surface area contributed by atoms with E-state index < -0.39 is 11.5 Å². The summed E-state index contributed by atoms with van der Waals surface area (Å²) < 4.78 is 12.3. The Morgan fingerprint density at radius 3 is 2.81 bits per heavy atom. The quantitative estimate of drug-likeness (QED) is 0.693. The molecule has 0 saturated heterocycles. The molecule has 0 aliphatic carbocycles. The van der Waals surface area contributed by atoms with Crippen LogP contribution in [0.3, 0.4) is 0 Å². The monoisotopic (exact) mass is 370 g/mol. The molecule has 1 aromatic carbocycles. The molecule has 0 saturated carbocycles. The zero-order valence-electron chi connectivity index (χ0n) is 15.7. The van der Waals surface area contributed by atoms with Gasteiger partial charge in [0.2, 0.25) is 0 Å². The van der Waals surface area contributed by atoms with E-state index in [1.165, 1.54) is 10.7 Å². The molecule has 2 aromatic heterocycles. The molecule has 0 spiro atoms. The Bertz CT molecular complexity index is 1040. The molecule has 2 heterocycles. The number of carbonyl (C=O) groups excluding carboxylic acids is 1. The third-order valence-electron chi connectivity index (χ3n) is 4.18. The molecule has 1 atom stereocenters. The van der Waals surface area contributed by atoms with Gasteiger partial charge in [0.05, 0.1) is 25.5 Å². The van der Waals surface area contributed by atoms with Gasteiger partial charge in [-0.2, -0.15) is 5.10 Å². The number of benzene rings is 1. The van der Waals surface area contributed by atoms with Crippen LogP contribution in [0.2, 0.25) is 0 Å². The summed E-state index contributed by atoms with van der Waals surface area (Å²) in [5.41, 5.74) is 1.65. The lowest BCUT2D eigenvalue weighted by molar-refractivity contribution is 0.0937. The van der Waals surface area contributed by atoms with E-state index in [2.05, 4.69) is 15.4 Å². The van der Waals surface area contributed by atoms with E-state index in [-0.39, 0.29) is 11.6 Å². The maximum atomic E-state index is 12.6. The van der Waals surface area contributed by atoms with Gasteiger partial charge in [-0.05, 0) is 38.5 Å². The van der Waals surface area contributed by atoms with Gasteiger partial charge in [0.1, 0.15) is 11.2 Å². The van der Waals surface area contributed by atoms with Crippen LogP contribution >= 0.6 is 0 Å². The number of amides is 1. The van der Waals surface area contributed by atoms with Gasteiger partial charge in [-0.3, -0.25) is 9.59 Å². The van der Waals surface area contributed by atoms with E-state index >= 15 is 0 Å². The highest BCUT2D eigenvalue weighted by Gasteiger charge is 2.17. The van der Waals surface area contributed by atoms with E-state index in [0.29, 0.717) is 23.8 Å². The highest BCUT2D eigenvalue weighted by molar-refractivity contribution is 5.94. The minimum atomic E-state index is -0.480. The number of ether oxygens (including phenoxy) is 2. The summed E-state index contributed by atoms with van der Waals surface area (Å²) in [7, 11) is 1.56. The predicted molar refractivity (Wildman–Crippen MR) is 101 cm³/mol. The van der Waals surface area contributed by atoms with E-state index in [1.54, 1.807) is 25.3 Å². The summed E-state index contributed by atoms with van der Waals surface area (Å²) in [5.74, 6) is 0.742. The number of aromatic amines is 1. The fourth-order valence-electron chi connectivity index (χ4n) is 2.82. The van der Waals surface area contributed by atoms with Crippen molar-refractivity contribution in [3.8, 4) is 11.5 Å². The number of fused-ring (bicyclic) bond motifs is 1. The van der Waals surface area contributed by atoms with Crippen molar-refractivity contribution in [1.82, 2.24) is 19.9 Å². The molecule has 0 unspecified atom stereocenters. The largest absolute Gasteiger partial charge is 0.493 e. The number of aryl methyl sites for hydroxylation is 1. The SMILES string of the molecule is CCOc1ccc([C@H](C)NC(=O)c2cn3nc(C)cc3[nH]c2=O)cc1OC. The van der Waals surface area contributed by atoms with Gasteiger partial charge in [0.25, 0.3) is 11.5 Å². The molecule has 0 fully saturated rings. The number of H-pyrrole nitrogens is 1. The molecule has 0 bridgehead atoms. The summed E-state index contributed by atoms with van der Waals surface area (Å²) in [4.78, 5) is 27.5. The zero-order valence-corrected chi connectivity index (χ0v) is 15.7. The minimum Gasteiger partial charge on any atom is -0.493 e. The third kappa shape index (κ3) is 3.79. The van der Waals surface area contributed by atoms with Gasteiger partial charge in [-0.1, -0.05) is 6.07 Å². The molecular weight excluding hydrogens is 348 g/mol. The van der Waals surface area contributed by atoms with Crippen LogP contribution in [0.4, 0.5) is 0 Å². The molecule has 0 aliphatic rings. The van der Waals surface area contributed by atoms with Gasteiger partial charge in [-0.25, -0.2) is 4.52 Å². The maximum Gasteiger partial charge on any atom is 0.263 e. The number of hydrogen-bond acceptors (Lipinski definition) is 5. The molecule has 0 radical (unpaired) electrons. The Kier molecular flexibility index (Phi) is 5.16. The van der Waals surface area contributed by atoms with Crippen molar-refractivity contribution in [3.63, 3.8) is 0 Å². The highest BCUT2D eigenvalue weighted by Crippen LogP contribution is 2.30. The van der Waals surface area contributed by atoms with E-state index in [1.807, 2.05) is 26.8 Å². The van der Waals surface area contributed by atoms with Gasteiger partial charge < -0.3 is 19.8 Å². The van der Waals surface area contributed by atoms with E-state index in [0.717, 1.165) is 11.3 Å². The standard InChI is InChI=1S/C19H22N4O4/c1-5-27-15-7-6-13(9-16(15)26-4)12(3)20-18(24)14-10-23-17(21-19(14)25)8-11(2)22-23/h6-10,12H,5H2,1-4H3,(H,20,24)(H,21,25)/t12-/m0/s1. The van der Waals surface area contributed by atoms with Crippen molar-refractivity contribution >= 4 is 11.6 Å². The van der Waals surface area contributed by atoms with Crippen LogP contribution in [0.25, 0.3) is 5.65 Å². The van der Waals surface area contributed by atoms with Gasteiger partial charge in [-0.15, -0.1) is 0 Å². The molecule has 3 rings (SSSR count). The summed E-state index contributed by atoms with van der Waals surface area (Å²) in [6, 6.07) is 6.85. The number of nitrogens with one attached hydrogen (secondary N) is 2. The number of rotatable bonds is 6. The van der Waals surface area contributed by atoms with Crippen molar-refractivity contribution in [2.45, 2.75) is 26.8 Å². The molecule has 27 heavy (non-hydrogen) atoms. The van der Waals surface area contributed by atoms with Crippen LogP contribution < -0.4 is 20.3 Å². The molecular formula is C19H22N4O4. The van der Waals surface area contributed by atoms with Crippen molar-refractivity contribution in [2.75, 3.05) is 13.7 Å². The number of aromatic nitrogens is 3. The normalized spacial score (nSPS) is 12.0. The Morgan fingerprint density at radius 1 is 1.33 bits per heavy atom. The van der Waals surface area contributed by atoms with Gasteiger partial charge >= 0.3 is 0 Å². The lowest BCUT2D eigenvalue weighted by atomic mass is 10.1. The number of nitrogens with zero attached hydrogens (tertiary/aromatic N) is 2. The smallest absolute Gasteiger partial charge is 0.263 e. The Balaban J connectivity index is 1.83. The summed E-state index contributed by atoms with van der Waals surface area (Å²) in [6.45, 7) is 6.07. The fourth-order valence-corrected chi connectivity index (χ4v) is 2.82. The van der Waals surface area contributed by atoms with Crippen molar-refractivity contribution in [3.05, 3.63) is 57.6 Å². The molecule has 8 nitrogen and oxygen atoms in total. The second-order valence-corrected chi connectivity index (χ2v) is 6.15. The maximum absolute atomic E-state index is 12.6. The molecule has 3 aromatic rings. The summed E-state index contributed by atoms with van der Waals surface area (Å²) in [5, 5.41) is 7.05.